The topological polar surface area (TPSA) is 95.0 Å². The molecule has 3 aromatic carbocycles. The maximum absolute atomic E-state index is 14.2. The summed E-state index contributed by atoms with van der Waals surface area (Å²) in [5.74, 6) is -8.86. The maximum Gasteiger partial charge on any atom is 0.416 e. The SMILES string of the molecule is O=C1[C@H]2[C@H](CC=C3[C@H]2C[C@@]2(Cl)C(=O)N(CBr)C(=O)[C@@]2(Cl)[C@H]3c2ccc(O)c3ccccc23)C(=O)N1c1cc(C(F)(F)F)cc(C(F)(F)F)c1. The molecule has 2 aliphatic carbocycles. The van der Waals surface area contributed by atoms with Crippen molar-refractivity contribution in [2.24, 2.45) is 17.8 Å². The second-order valence-corrected chi connectivity index (χ2v) is 14.2. The Bertz CT molecular complexity index is 2010. The summed E-state index contributed by atoms with van der Waals surface area (Å²) in [6, 6.07) is 9.97. The molecule has 4 amide bonds. The molecule has 7 nitrogen and oxygen atoms in total. The number of benzene rings is 3. The number of rotatable bonds is 3. The van der Waals surface area contributed by atoms with Crippen LogP contribution in [0.4, 0.5) is 32.0 Å². The van der Waals surface area contributed by atoms with E-state index in [1.54, 1.807) is 30.3 Å². The first-order valence-corrected chi connectivity index (χ1v) is 16.6. The summed E-state index contributed by atoms with van der Waals surface area (Å²) in [7, 11) is 0. The lowest BCUT2D eigenvalue weighted by Crippen LogP contribution is -2.60. The van der Waals surface area contributed by atoms with E-state index in [-0.39, 0.29) is 23.7 Å². The molecule has 0 spiro atoms. The van der Waals surface area contributed by atoms with Crippen LogP contribution in [-0.4, -0.2) is 48.8 Å². The van der Waals surface area contributed by atoms with E-state index < -0.39 is 92.6 Å². The van der Waals surface area contributed by atoms with Crippen molar-refractivity contribution < 1.29 is 50.6 Å². The Balaban J connectivity index is 1.41. The first-order chi connectivity index (χ1) is 22.9. The molecule has 1 N–H and O–H groups in total. The smallest absolute Gasteiger partial charge is 0.416 e. The lowest BCUT2D eigenvalue weighted by atomic mass is 9.56. The van der Waals surface area contributed by atoms with Gasteiger partial charge in [-0.15, -0.1) is 23.2 Å². The number of aromatic hydroxyl groups is 1. The Morgan fingerprint density at radius 1 is 0.837 bits per heavy atom. The van der Waals surface area contributed by atoms with Crippen molar-refractivity contribution in [2.75, 3.05) is 10.4 Å². The zero-order chi connectivity index (χ0) is 35.6. The number of carbonyl (C=O) groups excluding carboxylic acids is 4. The highest BCUT2D eigenvalue weighted by Crippen LogP contribution is 2.66. The monoisotopic (exact) mass is 788 g/mol. The Morgan fingerprint density at radius 2 is 1.45 bits per heavy atom. The number of amides is 4. The lowest BCUT2D eigenvalue weighted by Gasteiger charge is -2.51. The van der Waals surface area contributed by atoms with Crippen LogP contribution < -0.4 is 4.90 Å². The summed E-state index contributed by atoms with van der Waals surface area (Å²) in [5.41, 5.74) is -3.89. The van der Waals surface area contributed by atoms with Crippen LogP contribution in [0, 0.1) is 17.8 Å². The highest BCUT2D eigenvalue weighted by atomic mass is 79.9. The van der Waals surface area contributed by atoms with Gasteiger partial charge >= 0.3 is 12.4 Å². The van der Waals surface area contributed by atoms with Gasteiger partial charge in [0, 0.05) is 11.3 Å². The molecule has 1 saturated carbocycles. The van der Waals surface area contributed by atoms with Crippen LogP contribution in [0.2, 0.25) is 0 Å². The van der Waals surface area contributed by atoms with E-state index in [1.807, 2.05) is 0 Å². The van der Waals surface area contributed by atoms with Crippen LogP contribution in [-0.2, 0) is 31.5 Å². The second kappa shape index (κ2) is 10.9. The highest BCUT2D eigenvalue weighted by Gasteiger charge is 2.76. The largest absolute Gasteiger partial charge is 0.507 e. The van der Waals surface area contributed by atoms with Crippen molar-refractivity contribution in [1.82, 2.24) is 4.90 Å². The number of nitrogens with zero attached hydrogens (tertiary/aromatic N) is 2. The minimum absolute atomic E-state index is 0.104. The van der Waals surface area contributed by atoms with Gasteiger partial charge in [0.2, 0.25) is 11.8 Å². The van der Waals surface area contributed by atoms with Gasteiger partial charge in [0.1, 0.15) is 5.75 Å². The number of phenols is 1. The summed E-state index contributed by atoms with van der Waals surface area (Å²) in [5, 5.41) is 11.4. The van der Waals surface area contributed by atoms with Crippen LogP contribution in [0.25, 0.3) is 10.8 Å². The molecule has 49 heavy (non-hydrogen) atoms. The summed E-state index contributed by atoms with van der Waals surface area (Å²) in [4.78, 5) is 52.7. The minimum atomic E-state index is -5.24. The molecule has 7 rings (SSSR count). The number of phenolic OH excluding ortho intramolecular Hbond substituents is 1. The van der Waals surface area contributed by atoms with Crippen LogP contribution >= 0.6 is 39.1 Å². The normalized spacial score (nSPS) is 30.1. The molecule has 2 heterocycles. The Labute approximate surface area is 291 Å². The van der Waals surface area contributed by atoms with Gasteiger partial charge in [0.15, 0.2) is 9.75 Å². The van der Waals surface area contributed by atoms with E-state index in [0.717, 1.165) is 4.90 Å². The van der Waals surface area contributed by atoms with Crippen molar-refractivity contribution in [3.05, 3.63) is 82.9 Å². The highest BCUT2D eigenvalue weighted by molar-refractivity contribution is 9.09. The quantitative estimate of drug-likeness (QED) is 0.0976. The van der Waals surface area contributed by atoms with Gasteiger partial charge in [-0.3, -0.25) is 24.1 Å². The average Bonchev–Trinajstić information content (AvgIpc) is 3.38. The van der Waals surface area contributed by atoms with Gasteiger partial charge in [-0.2, -0.15) is 26.3 Å². The summed E-state index contributed by atoms with van der Waals surface area (Å²) in [6.07, 6.45) is -9.53. The lowest BCUT2D eigenvalue weighted by molar-refractivity contribution is -0.143. The Morgan fingerprint density at radius 3 is 2.04 bits per heavy atom. The summed E-state index contributed by atoms with van der Waals surface area (Å²) < 4.78 is 82.4. The molecule has 6 atom stereocenters. The maximum atomic E-state index is 14.2. The Hall–Kier alpha value is -3.62. The van der Waals surface area contributed by atoms with E-state index in [4.69, 9.17) is 23.2 Å². The summed E-state index contributed by atoms with van der Waals surface area (Å²) >= 11 is 17.6. The van der Waals surface area contributed by atoms with E-state index in [1.165, 1.54) is 12.1 Å². The predicted octanol–water partition coefficient (Wildman–Crippen LogP) is 7.50. The van der Waals surface area contributed by atoms with Crippen molar-refractivity contribution in [2.45, 2.75) is 40.9 Å². The number of likely N-dealkylation sites (tertiary alicyclic amines) is 1. The van der Waals surface area contributed by atoms with E-state index in [9.17, 15) is 50.6 Å². The molecule has 2 saturated heterocycles. The number of anilines is 1. The molecule has 0 radical (unpaired) electrons. The van der Waals surface area contributed by atoms with Crippen molar-refractivity contribution >= 4 is 79.2 Å². The van der Waals surface area contributed by atoms with Gasteiger partial charge in [0.05, 0.1) is 34.1 Å². The van der Waals surface area contributed by atoms with Crippen molar-refractivity contribution in [3.63, 3.8) is 0 Å². The van der Waals surface area contributed by atoms with Gasteiger partial charge in [-0.1, -0.05) is 57.9 Å². The molecule has 0 bridgehead atoms. The van der Waals surface area contributed by atoms with Crippen molar-refractivity contribution in [1.29, 1.82) is 0 Å². The summed E-state index contributed by atoms with van der Waals surface area (Å²) in [6.45, 7) is 0. The number of allylic oxidation sites excluding steroid dienone is 2. The van der Waals surface area contributed by atoms with E-state index >= 15 is 0 Å². The number of hydrogen-bond acceptors (Lipinski definition) is 5. The first kappa shape index (κ1) is 33.9. The number of halogens is 9. The zero-order valence-electron chi connectivity index (χ0n) is 24.6. The first-order valence-electron chi connectivity index (χ1n) is 14.7. The van der Waals surface area contributed by atoms with E-state index in [2.05, 4.69) is 15.9 Å². The van der Waals surface area contributed by atoms with Crippen molar-refractivity contribution in [3.8, 4) is 5.75 Å². The molecule has 3 aromatic rings. The van der Waals surface area contributed by atoms with Crippen LogP contribution in [0.15, 0.2) is 66.2 Å². The number of imide groups is 2. The van der Waals surface area contributed by atoms with Gasteiger partial charge in [-0.25, -0.2) is 4.90 Å². The molecule has 16 heteroatoms. The number of carbonyl (C=O) groups is 4. The number of fused-ring (bicyclic) bond motifs is 5. The fraction of sp³-hybridized carbons (Fsp3) is 0.333. The molecule has 0 unspecified atom stereocenters. The molecule has 2 aliphatic heterocycles. The molecule has 256 valence electrons. The van der Waals surface area contributed by atoms with E-state index in [0.29, 0.717) is 38.9 Å². The molecular weight excluding hydrogens is 769 g/mol. The van der Waals surface area contributed by atoms with Gasteiger partial charge < -0.3 is 5.11 Å². The number of alkyl halides is 9. The zero-order valence-corrected chi connectivity index (χ0v) is 27.7. The average molecular weight is 790 g/mol. The van der Waals surface area contributed by atoms with Crippen LogP contribution in [0.1, 0.15) is 35.4 Å². The van der Waals surface area contributed by atoms with Gasteiger partial charge in [0.25, 0.3) is 11.8 Å². The second-order valence-electron chi connectivity index (χ2n) is 12.5. The fourth-order valence-corrected chi connectivity index (χ4v) is 9.40. The standard InChI is InChI=1S/C33H21BrCl2F6N2O5/c34-13-43-28(48)30(35)12-22-20(25(31(30,36)29(43)49)19-7-8-23(45)18-4-2-1-3-17(18)19)5-6-21-24(22)27(47)44(26(21)46)16-10-14(32(37,38)39)9-15(11-16)33(40,41)42/h1-5,7-11,21-22,24-25,45H,6,12-13H2/t21-,22+,24-,25-,30+,31-/m0/s1. The molecule has 3 fully saturated rings. The van der Waals surface area contributed by atoms with Crippen LogP contribution in [0.3, 0.4) is 0 Å². The molecular formula is C33H21BrCl2F6N2O5. The van der Waals surface area contributed by atoms with Crippen LogP contribution in [0.5, 0.6) is 5.75 Å². The third-order valence-corrected chi connectivity index (χ3v) is 12.0. The van der Waals surface area contributed by atoms with Gasteiger partial charge in [-0.05, 0) is 54.0 Å². The number of hydrogen-bond donors (Lipinski definition) is 1. The molecule has 4 aliphatic rings. The third kappa shape index (κ3) is 4.62. The molecule has 0 aromatic heterocycles. The minimum Gasteiger partial charge on any atom is -0.507 e. The third-order valence-electron chi connectivity index (χ3n) is 10.1. The predicted molar refractivity (Wildman–Crippen MR) is 168 cm³/mol. The Kier molecular flexibility index (Phi) is 7.56. The fourth-order valence-electron chi connectivity index (χ4n) is 7.98.